The van der Waals surface area contributed by atoms with Gasteiger partial charge in [0.2, 0.25) is 0 Å². The van der Waals surface area contributed by atoms with E-state index in [0.717, 1.165) is 18.4 Å². The molecule has 1 fully saturated rings. The van der Waals surface area contributed by atoms with Crippen LogP contribution in [0.5, 0.6) is 0 Å². The molecule has 2 atom stereocenters. The zero-order valence-electron chi connectivity index (χ0n) is 9.99. The van der Waals surface area contributed by atoms with E-state index in [1.807, 2.05) is 13.0 Å². The fourth-order valence-electron chi connectivity index (χ4n) is 2.16. The van der Waals surface area contributed by atoms with Gasteiger partial charge in [-0.05, 0) is 38.3 Å². The number of hydrogen-bond acceptors (Lipinski definition) is 2. The lowest BCUT2D eigenvalue weighted by Gasteiger charge is -2.25. The minimum atomic E-state index is -1.00. The summed E-state index contributed by atoms with van der Waals surface area (Å²) in [5.41, 5.74) is 1.50. The Morgan fingerprint density at radius 1 is 1.35 bits per heavy atom. The Balaban J connectivity index is 2.01. The van der Waals surface area contributed by atoms with Crippen molar-refractivity contribution in [2.75, 3.05) is 0 Å². The summed E-state index contributed by atoms with van der Waals surface area (Å²) in [7, 11) is 0. The monoisotopic (exact) mass is 236 g/mol. The van der Waals surface area contributed by atoms with Gasteiger partial charge in [0.1, 0.15) is 12.3 Å². The van der Waals surface area contributed by atoms with Crippen LogP contribution in [0.4, 0.5) is 4.39 Å². The van der Waals surface area contributed by atoms with E-state index < -0.39 is 18.2 Å². The summed E-state index contributed by atoms with van der Waals surface area (Å²) in [6, 6.07) is 7.18. The topological polar surface area (TPSA) is 26.3 Å². The van der Waals surface area contributed by atoms with Crippen molar-refractivity contribution in [1.29, 1.82) is 0 Å². The van der Waals surface area contributed by atoms with Crippen LogP contribution < -0.4 is 0 Å². The highest BCUT2D eigenvalue weighted by Crippen LogP contribution is 2.24. The van der Waals surface area contributed by atoms with Gasteiger partial charge in [0, 0.05) is 0 Å². The molecule has 0 saturated heterocycles. The molecule has 1 aromatic carbocycles. The molecule has 1 aliphatic carbocycles. The predicted molar refractivity (Wildman–Crippen MR) is 63.7 cm³/mol. The third-order valence-corrected chi connectivity index (χ3v) is 3.13. The van der Waals surface area contributed by atoms with E-state index in [2.05, 4.69) is 0 Å². The van der Waals surface area contributed by atoms with Crippen LogP contribution >= 0.6 is 0 Å². The van der Waals surface area contributed by atoms with E-state index in [1.54, 1.807) is 18.2 Å². The van der Waals surface area contributed by atoms with Crippen LogP contribution in [0.2, 0.25) is 0 Å². The van der Waals surface area contributed by atoms with E-state index in [4.69, 9.17) is 4.74 Å². The Kier molecular flexibility index (Phi) is 3.77. The minimum Gasteiger partial charge on any atom is -0.456 e. The van der Waals surface area contributed by atoms with Crippen molar-refractivity contribution in [3.8, 4) is 0 Å². The molecule has 0 bridgehead atoms. The van der Waals surface area contributed by atoms with Crippen molar-refractivity contribution in [2.24, 2.45) is 0 Å². The summed E-state index contributed by atoms with van der Waals surface area (Å²) >= 11 is 0. The number of carbonyl (C=O) groups excluding carboxylic acids is 1. The Morgan fingerprint density at radius 2 is 2.12 bits per heavy atom. The van der Waals surface area contributed by atoms with Crippen molar-refractivity contribution in [2.45, 2.75) is 44.9 Å². The molecule has 0 spiro atoms. The SMILES string of the molecule is Cc1cccc(C(=O)O[C@@H]2CCCC[C@@H]2F)c1. The number of aryl methyl sites for hydroxylation is 1. The number of halogens is 1. The highest BCUT2D eigenvalue weighted by atomic mass is 19.1. The standard InChI is InChI=1S/C14H17FO2/c1-10-5-4-6-11(9-10)14(16)17-13-8-3-2-7-12(13)15/h4-6,9,12-13H,2-3,7-8H2,1H3/t12-,13+/m0/s1. The fraction of sp³-hybridized carbons (Fsp3) is 0.500. The Hall–Kier alpha value is -1.38. The molecule has 0 aromatic heterocycles. The van der Waals surface area contributed by atoms with E-state index in [-0.39, 0.29) is 0 Å². The lowest BCUT2D eigenvalue weighted by molar-refractivity contribution is -0.00787. The maximum atomic E-state index is 13.5. The molecular formula is C14H17FO2. The van der Waals surface area contributed by atoms with Gasteiger partial charge in [0.15, 0.2) is 0 Å². The average Bonchev–Trinajstić information content (AvgIpc) is 2.32. The van der Waals surface area contributed by atoms with Gasteiger partial charge in [-0.25, -0.2) is 9.18 Å². The maximum absolute atomic E-state index is 13.5. The third kappa shape index (κ3) is 3.05. The quantitative estimate of drug-likeness (QED) is 0.735. The first-order valence-corrected chi connectivity index (χ1v) is 6.08. The number of benzene rings is 1. The van der Waals surface area contributed by atoms with Crippen molar-refractivity contribution in [3.05, 3.63) is 35.4 Å². The van der Waals surface area contributed by atoms with Crippen LogP contribution in [-0.2, 0) is 4.74 Å². The fourth-order valence-corrected chi connectivity index (χ4v) is 2.16. The third-order valence-electron chi connectivity index (χ3n) is 3.13. The van der Waals surface area contributed by atoms with Crippen molar-refractivity contribution >= 4 is 5.97 Å². The Bertz CT molecular complexity index is 403. The first kappa shape index (κ1) is 12.1. The summed E-state index contributed by atoms with van der Waals surface area (Å²) in [6.45, 7) is 1.91. The average molecular weight is 236 g/mol. The van der Waals surface area contributed by atoms with Gasteiger partial charge in [0.25, 0.3) is 0 Å². The zero-order chi connectivity index (χ0) is 12.3. The van der Waals surface area contributed by atoms with E-state index >= 15 is 0 Å². The molecule has 0 unspecified atom stereocenters. The number of esters is 1. The second kappa shape index (κ2) is 5.30. The van der Waals surface area contributed by atoms with Crippen molar-refractivity contribution in [1.82, 2.24) is 0 Å². The molecule has 92 valence electrons. The molecule has 2 rings (SSSR count). The molecule has 1 saturated carbocycles. The molecule has 0 N–H and O–H groups in total. The van der Waals surface area contributed by atoms with Gasteiger partial charge >= 0.3 is 5.97 Å². The lowest BCUT2D eigenvalue weighted by Crippen LogP contribution is -2.31. The lowest BCUT2D eigenvalue weighted by atomic mass is 9.96. The molecule has 0 heterocycles. The maximum Gasteiger partial charge on any atom is 0.338 e. The van der Waals surface area contributed by atoms with Crippen LogP contribution in [0.3, 0.4) is 0 Å². The summed E-state index contributed by atoms with van der Waals surface area (Å²) in [5.74, 6) is -0.414. The summed E-state index contributed by atoms with van der Waals surface area (Å²) in [5, 5.41) is 0. The molecular weight excluding hydrogens is 219 g/mol. The van der Waals surface area contributed by atoms with Crippen LogP contribution in [0.15, 0.2) is 24.3 Å². The van der Waals surface area contributed by atoms with Crippen LogP contribution in [0, 0.1) is 6.92 Å². The highest BCUT2D eigenvalue weighted by Gasteiger charge is 2.28. The summed E-state index contributed by atoms with van der Waals surface area (Å²) in [6.07, 6.45) is 1.41. The number of alkyl halides is 1. The molecule has 17 heavy (non-hydrogen) atoms. The number of rotatable bonds is 2. The van der Waals surface area contributed by atoms with E-state index in [9.17, 15) is 9.18 Å². The zero-order valence-corrected chi connectivity index (χ0v) is 9.99. The van der Waals surface area contributed by atoms with Gasteiger partial charge in [0.05, 0.1) is 5.56 Å². The van der Waals surface area contributed by atoms with Gasteiger partial charge in [-0.15, -0.1) is 0 Å². The first-order valence-electron chi connectivity index (χ1n) is 6.08. The number of ether oxygens (including phenoxy) is 1. The molecule has 0 aliphatic heterocycles. The Morgan fingerprint density at radius 3 is 2.82 bits per heavy atom. The molecule has 1 aromatic rings. The molecule has 0 radical (unpaired) electrons. The van der Waals surface area contributed by atoms with Crippen molar-refractivity contribution in [3.63, 3.8) is 0 Å². The minimum absolute atomic E-state index is 0.414. The van der Waals surface area contributed by atoms with Crippen molar-refractivity contribution < 1.29 is 13.9 Å². The molecule has 1 aliphatic rings. The molecule has 0 amide bonds. The molecule has 3 heteroatoms. The smallest absolute Gasteiger partial charge is 0.338 e. The first-order chi connectivity index (χ1) is 8.16. The second-order valence-corrected chi connectivity index (χ2v) is 4.61. The normalized spacial score (nSPS) is 24.4. The number of hydrogen-bond donors (Lipinski definition) is 0. The van der Waals surface area contributed by atoms with Gasteiger partial charge in [-0.1, -0.05) is 24.1 Å². The van der Waals surface area contributed by atoms with E-state index in [1.165, 1.54) is 0 Å². The summed E-state index contributed by atoms with van der Waals surface area (Å²) < 4.78 is 18.8. The van der Waals surface area contributed by atoms with Gasteiger partial charge in [-0.2, -0.15) is 0 Å². The van der Waals surface area contributed by atoms with Gasteiger partial charge in [-0.3, -0.25) is 0 Å². The molecule has 2 nitrogen and oxygen atoms in total. The van der Waals surface area contributed by atoms with E-state index in [0.29, 0.717) is 18.4 Å². The van der Waals surface area contributed by atoms with Crippen LogP contribution in [0.1, 0.15) is 41.6 Å². The van der Waals surface area contributed by atoms with Crippen LogP contribution in [-0.4, -0.2) is 18.2 Å². The van der Waals surface area contributed by atoms with Gasteiger partial charge < -0.3 is 4.74 Å². The van der Waals surface area contributed by atoms with Crippen LogP contribution in [0.25, 0.3) is 0 Å². The Labute approximate surface area is 101 Å². The largest absolute Gasteiger partial charge is 0.456 e. The highest BCUT2D eigenvalue weighted by molar-refractivity contribution is 5.89. The predicted octanol–water partition coefficient (Wildman–Crippen LogP) is 3.43. The second-order valence-electron chi connectivity index (χ2n) is 4.61. The number of carbonyl (C=O) groups is 1. The summed E-state index contributed by atoms with van der Waals surface area (Å²) in [4.78, 5) is 11.8.